The summed E-state index contributed by atoms with van der Waals surface area (Å²) >= 11 is 0. The maximum Gasteiger partial charge on any atom is 0.161 e. The Bertz CT molecular complexity index is 330. The summed E-state index contributed by atoms with van der Waals surface area (Å²) in [6.45, 7) is 7.76. The van der Waals surface area contributed by atoms with Crippen LogP contribution in [0.25, 0.3) is 0 Å². The number of likely N-dealkylation sites (N-methyl/N-ethyl adjacent to an activating group) is 1. The minimum atomic E-state index is 0.102. The molecule has 0 aromatic carbocycles. The monoisotopic (exact) mass is 241 g/mol. The third kappa shape index (κ3) is 3.20. The topological polar surface area (TPSA) is 48.3 Å². The van der Waals surface area contributed by atoms with Crippen molar-refractivity contribution in [3.63, 3.8) is 0 Å². The Hall–Kier alpha value is -1.07. The zero-order valence-electron chi connectivity index (χ0n) is 11.4. The molecule has 5 nitrogen and oxygen atoms in total. The van der Waals surface area contributed by atoms with Gasteiger partial charge in [-0.2, -0.15) is 5.10 Å². The van der Waals surface area contributed by atoms with Crippen LogP contribution in [0.4, 0.5) is 0 Å². The van der Waals surface area contributed by atoms with Gasteiger partial charge in [0.25, 0.3) is 0 Å². The molecule has 0 aliphatic carbocycles. The van der Waals surface area contributed by atoms with Gasteiger partial charge in [0, 0.05) is 13.2 Å². The van der Waals surface area contributed by atoms with Crippen LogP contribution in [0.3, 0.4) is 0 Å². The molecular weight excluding hydrogens is 218 g/mol. The molecule has 1 rings (SSSR count). The van der Waals surface area contributed by atoms with Crippen molar-refractivity contribution in [3.8, 4) is 5.75 Å². The van der Waals surface area contributed by atoms with E-state index in [0.29, 0.717) is 12.6 Å². The first kappa shape index (κ1) is 14.0. The van der Waals surface area contributed by atoms with Crippen LogP contribution in [0.1, 0.15) is 38.5 Å². The summed E-state index contributed by atoms with van der Waals surface area (Å²) in [7, 11) is 3.37. The Balaban J connectivity index is 3.08. The maximum atomic E-state index is 5.37. The third-order valence-electron chi connectivity index (χ3n) is 2.62. The van der Waals surface area contributed by atoms with E-state index in [1.807, 2.05) is 4.68 Å². The van der Waals surface area contributed by atoms with Crippen molar-refractivity contribution in [2.45, 2.75) is 32.9 Å². The van der Waals surface area contributed by atoms with Gasteiger partial charge in [-0.3, -0.25) is 4.68 Å². The standard InChI is InChI=1S/C12H23N3O2/c1-6-13-10(8-16-4)12-11(17-5)7-14-15(12)9(2)3/h7,9-10,13H,6,8H2,1-5H3. The lowest BCUT2D eigenvalue weighted by molar-refractivity contribution is 0.162. The molecule has 1 heterocycles. The van der Waals surface area contributed by atoms with Gasteiger partial charge in [0.15, 0.2) is 5.75 Å². The summed E-state index contributed by atoms with van der Waals surface area (Å²) < 4.78 is 12.6. The molecular formula is C12H23N3O2. The molecule has 0 saturated carbocycles. The van der Waals surface area contributed by atoms with Gasteiger partial charge in [-0.15, -0.1) is 0 Å². The predicted octanol–water partition coefficient (Wildman–Crippen LogP) is 1.77. The Morgan fingerprint density at radius 2 is 2.12 bits per heavy atom. The lowest BCUT2D eigenvalue weighted by Gasteiger charge is -2.21. The third-order valence-corrected chi connectivity index (χ3v) is 2.62. The van der Waals surface area contributed by atoms with E-state index in [4.69, 9.17) is 9.47 Å². The van der Waals surface area contributed by atoms with E-state index in [-0.39, 0.29) is 6.04 Å². The zero-order chi connectivity index (χ0) is 12.8. The summed E-state index contributed by atoms with van der Waals surface area (Å²) in [5.74, 6) is 0.807. The number of nitrogens with one attached hydrogen (secondary N) is 1. The average molecular weight is 241 g/mol. The molecule has 0 fully saturated rings. The highest BCUT2D eigenvalue weighted by atomic mass is 16.5. The Morgan fingerprint density at radius 1 is 1.41 bits per heavy atom. The number of aromatic nitrogens is 2. The number of hydrogen-bond acceptors (Lipinski definition) is 4. The van der Waals surface area contributed by atoms with Crippen LogP contribution < -0.4 is 10.1 Å². The Morgan fingerprint density at radius 3 is 2.59 bits per heavy atom. The fourth-order valence-electron chi connectivity index (χ4n) is 1.90. The molecule has 1 aromatic rings. The molecule has 5 heteroatoms. The number of hydrogen-bond donors (Lipinski definition) is 1. The molecule has 17 heavy (non-hydrogen) atoms. The summed E-state index contributed by atoms with van der Waals surface area (Å²) in [5.41, 5.74) is 1.05. The molecule has 0 radical (unpaired) electrons. The summed E-state index contributed by atoms with van der Waals surface area (Å²) in [4.78, 5) is 0. The quantitative estimate of drug-likeness (QED) is 0.790. The van der Waals surface area contributed by atoms with Gasteiger partial charge in [-0.25, -0.2) is 0 Å². The number of methoxy groups -OCH3 is 2. The van der Waals surface area contributed by atoms with Crippen molar-refractivity contribution >= 4 is 0 Å². The fraction of sp³-hybridized carbons (Fsp3) is 0.750. The predicted molar refractivity (Wildman–Crippen MR) is 67.5 cm³/mol. The second kappa shape index (κ2) is 6.61. The van der Waals surface area contributed by atoms with Crippen LogP contribution in [0.15, 0.2) is 6.20 Å². The molecule has 0 spiro atoms. The van der Waals surface area contributed by atoms with E-state index >= 15 is 0 Å². The number of rotatable bonds is 7. The van der Waals surface area contributed by atoms with Gasteiger partial charge >= 0.3 is 0 Å². The normalized spacial score (nSPS) is 13.1. The van der Waals surface area contributed by atoms with Crippen LogP contribution in [0.5, 0.6) is 5.75 Å². The highest BCUT2D eigenvalue weighted by Gasteiger charge is 2.22. The van der Waals surface area contributed by atoms with Crippen molar-refractivity contribution in [1.82, 2.24) is 15.1 Å². The molecule has 1 N–H and O–H groups in total. The van der Waals surface area contributed by atoms with Gasteiger partial charge in [-0.1, -0.05) is 6.92 Å². The summed E-state index contributed by atoms with van der Waals surface area (Å²) in [6, 6.07) is 0.400. The molecule has 1 aromatic heterocycles. The number of nitrogens with zero attached hydrogens (tertiary/aromatic N) is 2. The van der Waals surface area contributed by atoms with Crippen molar-refractivity contribution < 1.29 is 9.47 Å². The van der Waals surface area contributed by atoms with Crippen molar-refractivity contribution in [2.75, 3.05) is 27.4 Å². The van der Waals surface area contributed by atoms with Crippen LogP contribution in [0, 0.1) is 0 Å². The minimum absolute atomic E-state index is 0.102. The van der Waals surface area contributed by atoms with Crippen molar-refractivity contribution in [3.05, 3.63) is 11.9 Å². The van der Waals surface area contributed by atoms with E-state index < -0.39 is 0 Å². The Labute approximate surface area is 103 Å². The van der Waals surface area contributed by atoms with E-state index in [1.165, 1.54) is 0 Å². The smallest absolute Gasteiger partial charge is 0.161 e. The van der Waals surface area contributed by atoms with Gasteiger partial charge in [0.2, 0.25) is 0 Å². The molecule has 1 atom stereocenters. The molecule has 0 bridgehead atoms. The van der Waals surface area contributed by atoms with Crippen LogP contribution in [-0.4, -0.2) is 37.2 Å². The minimum Gasteiger partial charge on any atom is -0.493 e. The maximum absolute atomic E-state index is 5.37. The van der Waals surface area contributed by atoms with E-state index in [9.17, 15) is 0 Å². The van der Waals surface area contributed by atoms with Crippen molar-refractivity contribution in [2.24, 2.45) is 0 Å². The molecule has 0 amide bonds. The Kier molecular flexibility index (Phi) is 5.44. The fourth-order valence-corrected chi connectivity index (χ4v) is 1.90. The highest BCUT2D eigenvalue weighted by molar-refractivity contribution is 5.29. The van der Waals surface area contributed by atoms with Gasteiger partial charge < -0.3 is 14.8 Å². The molecule has 0 saturated heterocycles. The second-order valence-corrected chi connectivity index (χ2v) is 4.20. The van der Waals surface area contributed by atoms with Crippen LogP contribution in [0.2, 0.25) is 0 Å². The van der Waals surface area contributed by atoms with Gasteiger partial charge in [-0.05, 0) is 20.4 Å². The number of ether oxygens (including phenoxy) is 2. The van der Waals surface area contributed by atoms with Crippen LogP contribution in [-0.2, 0) is 4.74 Å². The molecule has 1 unspecified atom stereocenters. The van der Waals surface area contributed by atoms with E-state index in [1.54, 1.807) is 20.4 Å². The van der Waals surface area contributed by atoms with Crippen molar-refractivity contribution in [1.29, 1.82) is 0 Å². The lowest BCUT2D eigenvalue weighted by Crippen LogP contribution is -2.28. The first-order chi connectivity index (χ1) is 8.15. The summed E-state index contributed by atoms with van der Waals surface area (Å²) in [5, 5.41) is 7.76. The largest absolute Gasteiger partial charge is 0.493 e. The second-order valence-electron chi connectivity index (χ2n) is 4.20. The summed E-state index contributed by atoms with van der Waals surface area (Å²) in [6.07, 6.45) is 1.76. The zero-order valence-corrected chi connectivity index (χ0v) is 11.4. The lowest BCUT2D eigenvalue weighted by atomic mass is 10.2. The van der Waals surface area contributed by atoms with Gasteiger partial charge in [0.1, 0.15) is 0 Å². The average Bonchev–Trinajstić information content (AvgIpc) is 2.72. The first-order valence-corrected chi connectivity index (χ1v) is 5.99. The van der Waals surface area contributed by atoms with E-state index in [0.717, 1.165) is 18.0 Å². The van der Waals surface area contributed by atoms with E-state index in [2.05, 4.69) is 31.2 Å². The first-order valence-electron chi connectivity index (χ1n) is 5.99. The molecule has 0 aliphatic rings. The SMILES string of the molecule is CCNC(COC)c1c(OC)cnn1C(C)C. The van der Waals surface area contributed by atoms with Crippen LogP contribution >= 0.6 is 0 Å². The molecule has 0 aliphatic heterocycles. The molecule has 98 valence electrons. The van der Waals surface area contributed by atoms with Gasteiger partial charge in [0.05, 0.1) is 31.6 Å². The highest BCUT2D eigenvalue weighted by Crippen LogP contribution is 2.27.